The number of para-hydroxylation sites is 1. The van der Waals surface area contributed by atoms with Gasteiger partial charge in [-0.15, -0.1) is 0 Å². The Bertz CT molecular complexity index is 976. The van der Waals surface area contributed by atoms with Gasteiger partial charge in [-0.25, -0.2) is 0 Å². The zero-order valence-electron chi connectivity index (χ0n) is 15.9. The highest BCUT2D eigenvalue weighted by atomic mass is 16.1. The highest BCUT2D eigenvalue weighted by Gasteiger charge is 2.34. The molecule has 0 N–H and O–H groups in total. The molecule has 1 aliphatic heterocycles. The Labute approximate surface area is 166 Å². The second-order valence-corrected chi connectivity index (χ2v) is 7.64. The fraction of sp³-hybridized carbons (Fsp3) is 0.240. The van der Waals surface area contributed by atoms with Crippen molar-refractivity contribution < 1.29 is 4.79 Å². The van der Waals surface area contributed by atoms with Gasteiger partial charge < -0.3 is 9.80 Å². The van der Waals surface area contributed by atoms with Crippen LogP contribution in [0.4, 0.5) is 11.4 Å². The Morgan fingerprint density at radius 1 is 0.679 bits per heavy atom. The van der Waals surface area contributed by atoms with Gasteiger partial charge in [-0.1, -0.05) is 60.7 Å². The molecule has 1 heterocycles. The number of hydrogen-bond acceptors (Lipinski definition) is 3. The van der Waals surface area contributed by atoms with E-state index in [-0.39, 0.29) is 11.7 Å². The standard InChI is InChI=1S/C25H24N2O/c28-24-18-22(19-8-3-1-4-9-19)21-12-7-13-23(25(21)24)27-16-14-26(15-17-27)20-10-5-2-6-11-20/h1-13,22H,14-18H2/t22-/m0/s1. The van der Waals surface area contributed by atoms with Crippen molar-refractivity contribution in [3.8, 4) is 0 Å². The fourth-order valence-corrected chi connectivity index (χ4v) is 4.64. The number of piperazine rings is 1. The summed E-state index contributed by atoms with van der Waals surface area (Å²) >= 11 is 0. The third-order valence-corrected chi connectivity index (χ3v) is 6.06. The van der Waals surface area contributed by atoms with Crippen molar-refractivity contribution in [2.75, 3.05) is 36.0 Å². The van der Waals surface area contributed by atoms with Crippen LogP contribution in [0.5, 0.6) is 0 Å². The molecule has 0 radical (unpaired) electrons. The lowest BCUT2D eigenvalue weighted by atomic mass is 9.93. The van der Waals surface area contributed by atoms with Gasteiger partial charge in [-0.3, -0.25) is 4.79 Å². The van der Waals surface area contributed by atoms with Crippen molar-refractivity contribution in [3.63, 3.8) is 0 Å². The molecule has 0 amide bonds. The van der Waals surface area contributed by atoms with Crippen LogP contribution in [0, 0.1) is 0 Å². The van der Waals surface area contributed by atoms with E-state index in [9.17, 15) is 4.79 Å². The lowest BCUT2D eigenvalue weighted by molar-refractivity contribution is 0.0991. The van der Waals surface area contributed by atoms with Gasteiger partial charge in [0.25, 0.3) is 0 Å². The summed E-state index contributed by atoms with van der Waals surface area (Å²) in [7, 11) is 0. The number of fused-ring (bicyclic) bond motifs is 1. The van der Waals surface area contributed by atoms with E-state index in [1.54, 1.807) is 0 Å². The van der Waals surface area contributed by atoms with E-state index in [1.807, 2.05) is 6.07 Å². The number of Topliss-reactive ketones (excluding diaryl/α,β-unsaturated/α-hetero) is 1. The topological polar surface area (TPSA) is 23.6 Å². The normalized spacial score (nSPS) is 19.0. The summed E-state index contributed by atoms with van der Waals surface area (Å²) < 4.78 is 0. The molecule has 1 atom stereocenters. The minimum absolute atomic E-state index is 0.189. The van der Waals surface area contributed by atoms with Gasteiger partial charge in [-0.2, -0.15) is 0 Å². The molecule has 1 fully saturated rings. The first kappa shape index (κ1) is 17.1. The van der Waals surface area contributed by atoms with Crippen LogP contribution in [0.25, 0.3) is 0 Å². The minimum atomic E-state index is 0.189. The van der Waals surface area contributed by atoms with E-state index >= 15 is 0 Å². The quantitative estimate of drug-likeness (QED) is 0.668. The van der Waals surface area contributed by atoms with Crippen LogP contribution in [-0.2, 0) is 0 Å². The molecule has 5 rings (SSSR count). The summed E-state index contributed by atoms with van der Waals surface area (Å²) in [5, 5.41) is 0. The molecule has 3 heteroatoms. The van der Waals surface area contributed by atoms with Gasteiger partial charge in [0.2, 0.25) is 0 Å². The van der Waals surface area contributed by atoms with Crippen LogP contribution in [0.2, 0.25) is 0 Å². The maximum absolute atomic E-state index is 13.0. The van der Waals surface area contributed by atoms with Crippen molar-refractivity contribution >= 4 is 17.2 Å². The lowest BCUT2D eigenvalue weighted by Crippen LogP contribution is -2.46. The van der Waals surface area contributed by atoms with Gasteiger partial charge >= 0.3 is 0 Å². The molecule has 3 aromatic rings. The zero-order chi connectivity index (χ0) is 18.9. The first-order valence-electron chi connectivity index (χ1n) is 10.1. The van der Waals surface area contributed by atoms with Crippen molar-refractivity contribution in [1.82, 2.24) is 0 Å². The first-order valence-corrected chi connectivity index (χ1v) is 10.1. The molecule has 1 aliphatic carbocycles. The van der Waals surface area contributed by atoms with Crippen LogP contribution in [0.1, 0.15) is 33.8 Å². The molecular formula is C25H24N2O. The average Bonchev–Trinajstić information content (AvgIpc) is 3.12. The van der Waals surface area contributed by atoms with Crippen LogP contribution in [0.3, 0.4) is 0 Å². The largest absolute Gasteiger partial charge is 0.368 e. The Hall–Kier alpha value is -3.07. The SMILES string of the molecule is O=C1C[C@@H](c2ccccc2)c2cccc(N3CCN(c4ccccc4)CC3)c21. The molecular weight excluding hydrogens is 344 g/mol. The predicted molar refractivity (Wildman–Crippen MR) is 115 cm³/mol. The van der Waals surface area contributed by atoms with Crippen molar-refractivity contribution in [2.24, 2.45) is 0 Å². The first-order chi connectivity index (χ1) is 13.8. The summed E-state index contributed by atoms with van der Waals surface area (Å²) in [5.41, 5.74) is 5.78. The van der Waals surface area contributed by atoms with Crippen LogP contribution in [-0.4, -0.2) is 32.0 Å². The summed E-state index contributed by atoms with van der Waals surface area (Å²) in [6.45, 7) is 3.83. The molecule has 0 aromatic heterocycles. The average molecular weight is 368 g/mol. The number of benzene rings is 3. The molecule has 0 unspecified atom stereocenters. The lowest BCUT2D eigenvalue weighted by Gasteiger charge is -2.38. The summed E-state index contributed by atoms with van der Waals surface area (Å²) in [4.78, 5) is 17.8. The number of hydrogen-bond donors (Lipinski definition) is 0. The van der Waals surface area contributed by atoms with Crippen LogP contribution in [0.15, 0.2) is 78.9 Å². The van der Waals surface area contributed by atoms with Crippen molar-refractivity contribution in [3.05, 3.63) is 95.6 Å². The van der Waals surface area contributed by atoms with E-state index in [4.69, 9.17) is 0 Å². The number of carbonyl (C=O) groups excluding carboxylic acids is 1. The molecule has 2 aliphatic rings. The van der Waals surface area contributed by atoms with E-state index in [2.05, 4.69) is 82.6 Å². The molecule has 1 saturated heterocycles. The number of nitrogens with zero attached hydrogens (tertiary/aromatic N) is 2. The maximum Gasteiger partial charge on any atom is 0.166 e. The third kappa shape index (κ3) is 2.97. The molecule has 0 saturated carbocycles. The van der Waals surface area contributed by atoms with Gasteiger partial charge in [0.15, 0.2) is 5.78 Å². The zero-order valence-corrected chi connectivity index (χ0v) is 15.9. The molecule has 28 heavy (non-hydrogen) atoms. The minimum Gasteiger partial charge on any atom is -0.368 e. The third-order valence-electron chi connectivity index (χ3n) is 6.06. The Balaban J connectivity index is 1.41. The molecule has 140 valence electrons. The molecule has 3 aromatic carbocycles. The number of anilines is 2. The predicted octanol–water partition coefficient (Wildman–Crippen LogP) is 4.73. The fourth-order valence-electron chi connectivity index (χ4n) is 4.64. The Morgan fingerprint density at radius 2 is 1.32 bits per heavy atom. The maximum atomic E-state index is 13.0. The second kappa shape index (κ2) is 7.16. The Kier molecular flexibility index (Phi) is 4.36. The molecule has 0 bridgehead atoms. The second-order valence-electron chi connectivity index (χ2n) is 7.64. The smallest absolute Gasteiger partial charge is 0.166 e. The summed E-state index contributed by atoms with van der Waals surface area (Å²) in [6.07, 6.45) is 0.584. The Morgan fingerprint density at radius 3 is 2.04 bits per heavy atom. The highest BCUT2D eigenvalue weighted by molar-refractivity contribution is 6.06. The summed E-state index contributed by atoms with van der Waals surface area (Å²) in [5.74, 6) is 0.471. The van der Waals surface area contributed by atoms with Gasteiger partial charge in [0.1, 0.15) is 0 Å². The van der Waals surface area contributed by atoms with E-state index in [0.717, 1.165) is 37.4 Å². The van der Waals surface area contributed by atoms with E-state index < -0.39 is 0 Å². The van der Waals surface area contributed by atoms with Crippen molar-refractivity contribution in [1.29, 1.82) is 0 Å². The highest BCUT2D eigenvalue weighted by Crippen LogP contribution is 2.42. The van der Waals surface area contributed by atoms with Crippen LogP contribution >= 0.6 is 0 Å². The van der Waals surface area contributed by atoms with Crippen molar-refractivity contribution in [2.45, 2.75) is 12.3 Å². The van der Waals surface area contributed by atoms with E-state index in [1.165, 1.54) is 16.8 Å². The molecule has 3 nitrogen and oxygen atoms in total. The van der Waals surface area contributed by atoms with Gasteiger partial charge in [0, 0.05) is 55.5 Å². The number of rotatable bonds is 3. The summed E-state index contributed by atoms with van der Waals surface area (Å²) in [6, 6.07) is 27.4. The van der Waals surface area contributed by atoms with E-state index in [0.29, 0.717) is 6.42 Å². The van der Waals surface area contributed by atoms with Gasteiger partial charge in [0.05, 0.1) is 0 Å². The van der Waals surface area contributed by atoms with Crippen LogP contribution < -0.4 is 9.80 Å². The monoisotopic (exact) mass is 368 g/mol. The van der Waals surface area contributed by atoms with Gasteiger partial charge in [-0.05, 0) is 29.3 Å². The molecule has 0 spiro atoms. The number of carbonyl (C=O) groups is 1. The number of ketones is 1.